The van der Waals surface area contributed by atoms with Gasteiger partial charge in [0.15, 0.2) is 0 Å². The number of hydrogen-bond donors (Lipinski definition) is 1. The molecule has 0 atom stereocenters. The zero-order valence-corrected chi connectivity index (χ0v) is 13.0. The topological polar surface area (TPSA) is 33.1 Å². The molecule has 0 aliphatic carbocycles. The molecule has 0 unspecified atom stereocenters. The van der Waals surface area contributed by atoms with E-state index in [2.05, 4.69) is 4.98 Å². The van der Waals surface area contributed by atoms with E-state index in [1.165, 1.54) is 0 Å². The van der Waals surface area contributed by atoms with Crippen molar-refractivity contribution < 1.29 is 18.3 Å². The minimum atomic E-state index is -4.47. The highest BCUT2D eigenvalue weighted by molar-refractivity contribution is 5.83. The molecule has 0 aliphatic rings. The number of aromatic nitrogens is 1. The smallest absolute Gasteiger partial charge is 0.416 e. The molecule has 126 valence electrons. The van der Waals surface area contributed by atoms with Crippen LogP contribution in [0.1, 0.15) is 16.8 Å². The largest absolute Gasteiger partial charge is 0.507 e. The molecule has 0 saturated heterocycles. The number of benzene rings is 2. The summed E-state index contributed by atoms with van der Waals surface area (Å²) in [5.41, 5.74) is 1.26. The number of pyridine rings is 1. The number of rotatable bonds is 3. The van der Waals surface area contributed by atoms with Crippen molar-refractivity contribution in [3.05, 3.63) is 83.7 Å². The van der Waals surface area contributed by atoms with Crippen LogP contribution in [0.3, 0.4) is 0 Å². The maximum atomic E-state index is 13.0. The maximum Gasteiger partial charge on any atom is 0.416 e. The molecule has 0 fully saturated rings. The van der Waals surface area contributed by atoms with Gasteiger partial charge in [-0.2, -0.15) is 13.2 Å². The average Bonchev–Trinajstić information content (AvgIpc) is 2.61. The Morgan fingerprint density at radius 3 is 2.32 bits per heavy atom. The number of aromatic hydroxyl groups is 1. The van der Waals surface area contributed by atoms with Gasteiger partial charge in [0.2, 0.25) is 0 Å². The average molecular weight is 341 g/mol. The van der Waals surface area contributed by atoms with Crippen LogP contribution in [0.4, 0.5) is 13.2 Å². The van der Waals surface area contributed by atoms with Crippen LogP contribution in [-0.2, 0) is 6.18 Å². The molecular formula is C20H14F3NO. The fourth-order valence-electron chi connectivity index (χ4n) is 2.47. The van der Waals surface area contributed by atoms with Gasteiger partial charge in [0.25, 0.3) is 0 Å². The van der Waals surface area contributed by atoms with Crippen molar-refractivity contribution in [1.29, 1.82) is 0 Å². The number of phenolic OH excluding ortho intramolecular Hbond substituents is 1. The van der Waals surface area contributed by atoms with Crippen molar-refractivity contribution in [3.63, 3.8) is 0 Å². The van der Waals surface area contributed by atoms with Crippen LogP contribution >= 0.6 is 0 Å². The summed E-state index contributed by atoms with van der Waals surface area (Å²) in [5, 5.41) is 10.1. The van der Waals surface area contributed by atoms with Gasteiger partial charge in [-0.3, -0.25) is 4.98 Å². The van der Waals surface area contributed by atoms with E-state index in [0.717, 1.165) is 23.9 Å². The van der Waals surface area contributed by atoms with Gasteiger partial charge < -0.3 is 5.11 Å². The first-order valence-electron chi connectivity index (χ1n) is 7.54. The normalized spacial score (nSPS) is 11.8. The second-order valence-electron chi connectivity index (χ2n) is 5.40. The third-order valence-electron chi connectivity index (χ3n) is 3.70. The zero-order valence-electron chi connectivity index (χ0n) is 13.0. The van der Waals surface area contributed by atoms with E-state index in [1.807, 2.05) is 12.1 Å². The van der Waals surface area contributed by atoms with Crippen LogP contribution in [0.5, 0.6) is 5.75 Å². The Morgan fingerprint density at radius 1 is 0.840 bits per heavy atom. The minimum Gasteiger partial charge on any atom is -0.507 e. The molecule has 0 saturated carbocycles. The predicted octanol–water partition coefficient (Wildman–Crippen LogP) is 5.64. The molecule has 1 N–H and O–H groups in total. The summed E-state index contributed by atoms with van der Waals surface area (Å²) in [6, 6.07) is 15.3. The summed E-state index contributed by atoms with van der Waals surface area (Å²) in [4.78, 5) is 4.18. The van der Waals surface area contributed by atoms with E-state index in [1.54, 1.807) is 48.7 Å². The molecular weight excluding hydrogens is 327 g/mol. The Hall–Kier alpha value is -3.08. The van der Waals surface area contributed by atoms with Gasteiger partial charge >= 0.3 is 6.18 Å². The molecule has 3 aromatic rings. The standard InChI is InChI=1S/C20H14F3NO/c21-20(22,23)15-9-11-19(25)18(13-15)17-7-2-1-5-14(17)8-10-16-6-3-4-12-24-16/h1-13,25H. The van der Waals surface area contributed by atoms with Crippen LogP contribution < -0.4 is 0 Å². The fourth-order valence-corrected chi connectivity index (χ4v) is 2.47. The molecule has 1 aromatic heterocycles. The molecule has 1 heterocycles. The van der Waals surface area contributed by atoms with Crippen molar-refractivity contribution in [2.45, 2.75) is 6.18 Å². The third-order valence-corrected chi connectivity index (χ3v) is 3.70. The van der Waals surface area contributed by atoms with Crippen LogP contribution in [0.15, 0.2) is 66.9 Å². The van der Waals surface area contributed by atoms with E-state index in [0.29, 0.717) is 11.1 Å². The van der Waals surface area contributed by atoms with Crippen molar-refractivity contribution in [2.75, 3.05) is 0 Å². The first-order chi connectivity index (χ1) is 11.9. The lowest BCUT2D eigenvalue weighted by molar-refractivity contribution is -0.137. The molecule has 25 heavy (non-hydrogen) atoms. The van der Waals surface area contributed by atoms with Gasteiger partial charge in [-0.15, -0.1) is 0 Å². The monoisotopic (exact) mass is 341 g/mol. The van der Waals surface area contributed by atoms with Crippen molar-refractivity contribution in [2.24, 2.45) is 0 Å². The molecule has 0 radical (unpaired) electrons. The lowest BCUT2D eigenvalue weighted by Crippen LogP contribution is -2.04. The molecule has 0 amide bonds. The fraction of sp³-hybridized carbons (Fsp3) is 0.0500. The molecule has 2 nitrogen and oxygen atoms in total. The van der Waals surface area contributed by atoms with Gasteiger partial charge in [-0.1, -0.05) is 36.4 Å². The van der Waals surface area contributed by atoms with Gasteiger partial charge in [-0.05, 0) is 47.5 Å². The minimum absolute atomic E-state index is 0.135. The van der Waals surface area contributed by atoms with Crippen LogP contribution in [-0.4, -0.2) is 10.1 Å². The highest BCUT2D eigenvalue weighted by atomic mass is 19.4. The van der Waals surface area contributed by atoms with Crippen molar-refractivity contribution in [1.82, 2.24) is 4.98 Å². The van der Waals surface area contributed by atoms with Crippen molar-refractivity contribution >= 4 is 12.2 Å². The van der Waals surface area contributed by atoms with E-state index in [-0.39, 0.29) is 11.3 Å². The Bertz CT molecular complexity index is 902. The predicted molar refractivity (Wildman–Crippen MR) is 91.7 cm³/mol. The molecule has 5 heteroatoms. The zero-order chi connectivity index (χ0) is 17.9. The van der Waals surface area contributed by atoms with Gasteiger partial charge in [0, 0.05) is 11.8 Å². The van der Waals surface area contributed by atoms with E-state index < -0.39 is 11.7 Å². The van der Waals surface area contributed by atoms with Crippen molar-refractivity contribution in [3.8, 4) is 16.9 Å². The Balaban J connectivity index is 2.06. The van der Waals surface area contributed by atoms with Crippen LogP contribution in [0.25, 0.3) is 23.3 Å². The molecule has 2 aromatic carbocycles. The van der Waals surface area contributed by atoms with E-state index in [9.17, 15) is 18.3 Å². The Kier molecular flexibility index (Phi) is 4.57. The van der Waals surface area contributed by atoms with Gasteiger partial charge in [0.05, 0.1) is 11.3 Å². The summed E-state index contributed by atoms with van der Waals surface area (Å²) < 4.78 is 38.9. The van der Waals surface area contributed by atoms with E-state index in [4.69, 9.17) is 0 Å². The molecule has 0 spiro atoms. The van der Waals surface area contributed by atoms with Gasteiger partial charge in [-0.25, -0.2) is 0 Å². The SMILES string of the molecule is Oc1ccc(C(F)(F)F)cc1-c1ccccc1C=Cc1ccccn1. The molecule has 0 bridgehead atoms. The Morgan fingerprint density at radius 2 is 1.60 bits per heavy atom. The highest BCUT2D eigenvalue weighted by Crippen LogP contribution is 2.38. The van der Waals surface area contributed by atoms with E-state index >= 15 is 0 Å². The summed E-state index contributed by atoms with van der Waals surface area (Å²) in [7, 11) is 0. The summed E-state index contributed by atoms with van der Waals surface area (Å²) >= 11 is 0. The summed E-state index contributed by atoms with van der Waals surface area (Å²) in [6.45, 7) is 0. The molecule has 3 rings (SSSR count). The lowest BCUT2D eigenvalue weighted by Gasteiger charge is -2.12. The van der Waals surface area contributed by atoms with Gasteiger partial charge in [0.1, 0.15) is 5.75 Å². The lowest BCUT2D eigenvalue weighted by atomic mass is 9.96. The Labute approximate surface area is 142 Å². The first kappa shape index (κ1) is 16.8. The van der Waals surface area contributed by atoms with Crippen LogP contribution in [0.2, 0.25) is 0 Å². The second kappa shape index (κ2) is 6.81. The number of halogens is 3. The summed E-state index contributed by atoms with van der Waals surface area (Å²) in [5.74, 6) is -0.202. The van der Waals surface area contributed by atoms with Crippen LogP contribution in [0, 0.1) is 0 Å². The number of hydrogen-bond acceptors (Lipinski definition) is 2. The number of phenols is 1. The molecule has 0 aliphatic heterocycles. The maximum absolute atomic E-state index is 13.0. The number of alkyl halides is 3. The second-order valence-corrected chi connectivity index (χ2v) is 5.40. The highest BCUT2D eigenvalue weighted by Gasteiger charge is 2.31. The third kappa shape index (κ3) is 3.88. The summed E-state index contributed by atoms with van der Waals surface area (Å²) in [6.07, 6.45) is 0.715. The quantitative estimate of drug-likeness (QED) is 0.668. The first-order valence-corrected chi connectivity index (χ1v) is 7.54. The number of nitrogens with zero attached hydrogens (tertiary/aromatic N) is 1.